The third kappa shape index (κ3) is 3.08. The molecule has 7 heteroatoms. The van der Waals surface area contributed by atoms with Crippen LogP contribution in [0.15, 0.2) is 29.2 Å². The number of carboxylic acids is 1. The third-order valence-corrected chi connectivity index (χ3v) is 4.32. The van der Waals surface area contributed by atoms with Crippen molar-refractivity contribution in [3.63, 3.8) is 0 Å². The molecule has 0 aliphatic carbocycles. The molecule has 1 aliphatic heterocycles. The Labute approximate surface area is 131 Å². The Balaban J connectivity index is 2.34. The van der Waals surface area contributed by atoms with Gasteiger partial charge in [-0.25, -0.2) is 4.79 Å². The summed E-state index contributed by atoms with van der Waals surface area (Å²) in [6.45, 7) is 1.43. The Morgan fingerprint density at radius 1 is 1.48 bits per heavy atom. The van der Waals surface area contributed by atoms with Crippen molar-refractivity contribution in [2.45, 2.75) is 13.0 Å². The van der Waals surface area contributed by atoms with Crippen LogP contribution in [0.4, 0.5) is 0 Å². The number of nitrogens with zero attached hydrogens (tertiary/aromatic N) is 1. The summed E-state index contributed by atoms with van der Waals surface area (Å²) < 4.78 is 5.47. The maximum Gasteiger partial charge on any atom is 0.326 e. The Hall–Kier alpha value is -1.86. The number of hydrogen-bond donors (Lipinski definition) is 1. The molecule has 21 heavy (non-hydrogen) atoms. The Morgan fingerprint density at radius 2 is 2.14 bits per heavy atom. The van der Waals surface area contributed by atoms with E-state index < -0.39 is 17.9 Å². The molecule has 1 N–H and O–H groups in total. The standard InChI is InChI=1S/C14H13NO4S2/c1-8(13(17)18)15-12(16)11(21-14(15)20)7-9-5-3-4-6-10(9)19-2/h3-8H,1-2H3,(H,17,18)/b11-7+/t8-/m0/s1. The SMILES string of the molecule is COc1ccccc1/C=C1/SC(=S)N([C@@H](C)C(=O)O)C1=O. The number of para-hydroxylation sites is 1. The summed E-state index contributed by atoms with van der Waals surface area (Å²) in [7, 11) is 1.55. The first-order valence-corrected chi connectivity index (χ1v) is 7.31. The highest BCUT2D eigenvalue weighted by molar-refractivity contribution is 8.26. The summed E-state index contributed by atoms with van der Waals surface area (Å²) in [4.78, 5) is 24.9. The van der Waals surface area contributed by atoms with Gasteiger partial charge in [0.1, 0.15) is 16.1 Å². The first-order valence-electron chi connectivity index (χ1n) is 6.08. The predicted molar refractivity (Wildman–Crippen MR) is 85.1 cm³/mol. The summed E-state index contributed by atoms with van der Waals surface area (Å²) >= 11 is 6.19. The smallest absolute Gasteiger partial charge is 0.326 e. The lowest BCUT2D eigenvalue weighted by molar-refractivity contribution is -0.144. The minimum atomic E-state index is -1.09. The lowest BCUT2D eigenvalue weighted by Crippen LogP contribution is -2.41. The van der Waals surface area contributed by atoms with E-state index >= 15 is 0 Å². The molecule has 1 saturated heterocycles. The summed E-state index contributed by atoms with van der Waals surface area (Å²) in [6, 6.07) is 6.27. The van der Waals surface area contributed by atoms with Crippen LogP contribution in [-0.4, -0.2) is 39.4 Å². The molecule has 1 atom stereocenters. The molecule has 0 spiro atoms. The molecule has 1 aromatic rings. The van der Waals surface area contributed by atoms with Crippen LogP contribution in [0.5, 0.6) is 5.75 Å². The molecule has 0 unspecified atom stereocenters. The number of carbonyl (C=O) groups excluding carboxylic acids is 1. The van der Waals surface area contributed by atoms with Gasteiger partial charge in [-0.3, -0.25) is 9.69 Å². The molecular weight excluding hydrogens is 310 g/mol. The number of thioether (sulfide) groups is 1. The highest BCUT2D eigenvalue weighted by atomic mass is 32.2. The number of hydrogen-bond acceptors (Lipinski definition) is 5. The molecule has 5 nitrogen and oxygen atoms in total. The normalized spacial score (nSPS) is 18.2. The molecule has 1 amide bonds. The molecule has 0 aromatic heterocycles. The molecule has 0 saturated carbocycles. The van der Waals surface area contributed by atoms with Crippen LogP contribution in [0.1, 0.15) is 12.5 Å². The number of amides is 1. The zero-order valence-electron chi connectivity index (χ0n) is 11.4. The van der Waals surface area contributed by atoms with Crippen LogP contribution in [0.2, 0.25) is 0 Å². The van der Waals surface area contributed by atoms with E-state index in [1.807, 2.05) is 18.2 Å². The lowest BCUT2D eigenvalue weighted by Gasteiger charge is -2.18. The van der Waals surface area contributed by atoms with Gasteiger partial charge < -0.3 is 9.84 Å². The average molecular weight is 323 g/mol. The molecular formula is C14H13NO4S2. The molecule has 2 rings (SSSR count). The van der Waals surface area contributed by atoms with Gasteiger partial charge in [-0.15, -0.1) is 0 Å². The molecule has 0 bridgehead atoms. The van der Waals surface area contributed by atoms with Crippen LogP contribution < -0.4 is 4.74 Å². The molecule has 1 heterocycles. The summed E-state index contributed by atoms with van der Waals surface area (Å²) in [5.41, 5.74) is 0.739. The quantitative estimate of drug-likeness (QED) is 0.678. The average Bonchev–Trinajstić information content (AvgIpc) is 2.73. The van der Waals surface area contributed by atoms with Gasteiger partial charge in [-0.1, -0.05) is 42.2 Å². The van der Waals surface area contributed by atoms with E-state index in [1.165, 1.54) is 6.92 Å². The van der Waals surface area contributed by atoms with Gasteiger partial charge in [0.15, 0.2) is 0 Å². The van der Waals surface area contributed by atoms with Crippen molar-refractivity contribution in [3.8, 4) is 5.75 Å². The van der Waals surface area contributed by atoms with E-state index in [9.17, 15) is 9.59 Å². The Bertz CT molecular complexity index is 642. The van der Waals surface area contributed by atoms with Crippen LogP contribution in [0.3, 0.4) is 0 Å². The molecule has 1 aliphatic rings. The van der Waals surface area contributed by atoms with Crippen LogP contribution in [-0.2, 0) is 9.59 Å². The summed E-state index contributed by atoms with van der Waals surface area (Å²) in [5.74, 6) is -0.857. The minimum Gasteiger partial charge on any atom is -0.496 e. The van der Waals surface area contributed by atoms with Crippen molar-refractivity contribution in [1.29, 1.82) is 0 Å². The van der Waals surface area contributed by atoms with Gasteiger partial charge in [0.05, 0.1) is 12.0 Å². The Morgan fingerprint density at radius 3 is 2.76 bits per heavy atom. The number of carbonyl (C=O) groups is 2. The van der Waals surface area contributed by atoms with E-state index in [0.717, 1.165) is 22.2 Å². The number of thiocarbonyl (C=S) groups is 1. The fourth-order valence-corrected chi connectivity index (χ4v) is 3.26. The Kier molecular flexibility index (Phi) is 4.64. The monoisotopic (exact) mass is 323 g/mol. The van der Waals surface area contributed by atoms with Crippen molar-refractivity contribution in [2.24, 2.45) is 0 Å². The van der Waals surface area contributed by atoms with E-state index in [-0.39, 0.29) is 4.32 Å². The number of benzene rings is 1. The summed E-state index contributed by atoms with van der Waals surface area (Å²) in [5, 5.41) is 9.03. The number of methoxy groups -OCH3 is 1. The largest absolute Gasteiger partial charge is 0.496 e. The lowest BCUT2D eigenvalue weighted by atomic mass is 10.2. The second-order valence-electron chi connectivity index (χ2n) is 4.31. The third-order valence-electron chi connectivity index (χ3n) is 2.99. The number of carboxylic acid groups (broad SMARTS) is 1. The van der Waals surface area contributed by atoms with Gasteiger partial charge >= 0.3 is 5.97 Å². The van der Waals surface area contributed by atoms with E-state index in [4.69, 9.17) is 22.1 Å². The maximum atomic E-state index is 12.3. The van der Waals surface area contributed by atoms with Gasteiger partial charge in [-0.05, 0) is 19.1 Å². The van der Waals surface area contributed by atoms with Crippen molar-refractivity contribution in [1.82, 2.24) is 4.90 Å². The number of ether oxygens (including phenoxy) is 1. The van der Waals surface area contributed by atoms with Gasteiger partial charge in [0.2, 0.25) is 0 Å². The topological polar surface area (TPSA) is 66.8 Å². The minimum absolute atomic E-state index is 0.246. The zero-order valence-corrected chi connectivity index (χ0v) is 13.0. The number of rotatable bonds is 4. The van der Waals surface area contributed by atoms with Crippen LogP contribution in [0.25, 0.3) is 6.08 Å². The second kappa shape index (κ2) is 6.28. The molecule has 0 radical (unpaired) electrons. The highest BCUT2D eigenvalue weighted by Gasteiger charge is 2.38. The van der Waals surface area contributed by atoms with Crippen molar-refractivity contribution < 1.29 is 19.4 Å². The highest BCUT2D eigenvalue weighted by Crippen LogP contribution is 2.35. The second-order valence-corrected chi connectivity index (χ2v) is 5.98. The predicted octanol–water partition coefficient (Wildman–Crippen LogP) is 2.37. The van der Waals surface area contributed by atoms with Gasteiger partial charge in [0.25, 0.3) is 5.91 Å². The van der Waals surface area contributed by atoms with E-state index in [1.54, 1.807) is 19.3 Å². The van der Waals surface area contributed by atoms with Crippen molar-refractivity contribution in [3.05, 3.63) is 34.7 Å². The molecule has 1 fully saturated rings. The van der Waals surface area contributed by atoms with Crippen LogP contribution in [0, 0.1) is 0 Å². The van der Waals surface area contributed by atoms with Gasteiger partial charge in [0, 0.05) is 5.56 Å². The fraction of sp³-hybridized carbons (Fsp3) is 0.214. The van der Waals surface area contributed by atoms with Crippen molar-refractivity contribution >= 4 is 46.3 Å². The first kappa shape index (κ1) is 15.5. The number of aliphatic carboxylic acids is 1. The zero-order chi connectivity index (χ0) is 15.6. The summed E-state index contributed by atoms with van der Waals surface area (Å²) in [6.07, 6.45) is 1.66. The van der Waals surface area contributed by atoms with Crippen LogP contribution >= 0.6 is 24.0 Å². The van der Waals surface area contributed by atoms with E-state index in [0.29, 0.717) is 10.7 Å². The first-order chi connectivity index (χ1) is 9.95. The van der Waals surface area contributed by atoms with Gasteiger partial charge in [-0.2, -0.15) is 0 Å². The van der Waals surface area contributed by atoms with E-state index in [2.05, 4.69) is 0 Å². The fourth-order valence-electron chi connectivity index (χ4n) is 1.85. The van der Waals surface area contributed by atoms with Crippen molar-refractivity contribution in [2.75, 3.05) is 7.11 Å². The molecule has 1 aromatic carbocycles. The molecule has 110 valence electrons. The maximum absolute atomic E-state index is 12.3.